The van der Waals surface area contributed by atoms with Crippen molar-refractivity contribution in [3.8, 4) is 22.9 Å². The van der Waals surface area contributed by atoms with Gasteiger partial charge in [-0.2, -0.15) is 5.10 Å². The smallest absolute Gasteiger partial charge is 0.222 e. The van der Waals surface area contributed by atoms with Crippen molar-refractivity contribution < 1.29 is 14.2 Å². The first-order chi connectivity index (χ1) is 15.4. The van der Waals surface area contributed by atoms with E-state index in [1.165, 1.54) is 12.1 Å². The molecule has 0 amide bonds. The molecule has 0 fully saturated rings. The van der Waals surface area contributed by atoms with Crippen LogP contribution in [0.3, 0.4) is 0 Å². The van der Waals surface area contributed by atoms with Gasteiger partial charge >= 0.3 is 0 Å². The van der Waals surface area contributed by atoms with Gasteiger partial charge in [0.15, 0.2) is 0 Å². The van der Waals surface area contributed by atoms with Crippen LogP contribution in [0, 0.1) is 5.82 Å². The van der Waals surface area contributed by atoms with Gasteiger partial charge in [-0.05, 0) is 44.5 Å². The van der Waals surface area contributed by atoms with Gasteiger partial charge in [0.25, 0.3) is 0 Å². The Morgan fingerprint density at radius 1 is 1.09 bits per heavy atom. The van der Waals surface area contributed by atoms with Gasteiger partial charge in [-0.15, -0.1) is 0 Å². The van der Waals surface area contributed by atoms with Gasteiger partial charge < -0.3 is 9.84 Å². The molecule has 1 atom stereocenters. The molecule has 32 heavy (non-hydrogen) atoms. The summed E-state index contributed by atoms with van der Waals surface area (Å²) in [5.74, 6) is 0.859. The molecule has 0 saturated heterocycles. The molecule has 0 saturated carbocycles. The molecule has 0 unspecified atom stereocenters. The Hall–Kier alpha value is -2.70. The van der Waals surface area contributed by atoms with Crippen LogP contribution >= 0.6 is 0 Å². The van der Waals surface area contributed by atoms with Crippen LogP contribution in [0.1, 0.15) is 45.6 Å². The van der Waals surface area contributed by atoms with E-state index in [0.717, 1.165) is 36.1 Å². The van der Waals surface area contributed by atoms with Crippen molar-refractivity contribution in [1.29, 1.82) is 0 Å². The minimum atomic E-state index is -0.379. The highest BCUT2D eigenvalue weighted by Crippen LogP contribution is 2.34. The monoisotopic (exact) mass is 439 g/mol. The molecule has 0 bridgehead atoms. The van der Waals surface area contributed by atoms with Crippen molar-refractivity contribution in [1.82, 2.24) is 14.7 Å². The Balaban J connectivity index is 1.97. The highest BCUT2D eigenvalue weighted by molar-refractivity contribution is 5.65. The zero-order chi connectivity index (χ0) is 23.1. The van der Waals surface area contributed by atoms with Gasteiger partial charge in [-0.1, -0.05) is 50.1 Å². The lowest BCUT2D eigenvalue weighted by Crippen LogP contribution is -2.37. The molecule has 172 valence electrons. The highest BCUT2D eigenvalue weighted by atomic mass is 19.1. The van der Waals surface area contributed by atoms with Gasteiger partial charge in [0, 0.05) is 31.7 Å². The summed E-state index contributed by atoms with van der Waals surface area (Å²) in [6.07, 6.45) is 2.48. The lowest BCUT2D eigenvalue weighted by molar-refractivity contribution is 0.0829. The van der Waals surface area contributed by atoms with Crippen LogP contribution in [0.4, 0.5) is 4.39 Å². The number of unbranched alkanes of at least 4 members (excludes halogenated alkanes) is 1. The number of rotatable bonds is 11. The third-order valence-electron chi connectivity index (χ3n) is 5.59. The van der Waals surface area contributed by atoms with Gasteiger partial charge in [0.05, 0.1) is 11.7 Å². The number of aliphatic hydroxyl groups excluding tert-OH is 1. The minimum Gasteiger partial charge on any atom is -0.439 e. The summed E-state index contributed by atoms with van der Waals surface area (Å²) in [7, 11) is 1.85. The quantitative estimate of drug-likeness (QED) is 0.411. The maximum absolute atomic E-state index is 13.4. The number of halogens is 1. The first-order valence-corrected chi connectivity index (χ1v) is 11.4. The van der Waals surface area contributed by atoms with Crippen molar-refractivity contribution in [3.05, 3.63) is 66.0 Å². The van der Waals surface area contributed by atoms with Crippen molar-refractivity contribution in [3.63, 3.8) is 0 Å². The second kappa shape index (κ2) is 11.2. The van der Waals surface area contributed by atoms with Crippen LogP contribution < -0.4 is 4.74 Å². The summed E-state index contributed by atoms with van der Waals surface area (Å²) < 4.78 is 21.3. The maximum Gasteiger partial charge on any atom is 0.222 e. The number of hydrogen-bond donors (Lipinski definition) is 1. The summed E-state index contributed by atoms with van der Waals surface area (Å²) in [6, 6.07) is 16.2. The molecule has 0 aliphatic heterocycles. The first-order valence-electron chi connectivity index (χ1n) is 11.4. The fourth-order valence-electron chi connectivity index (χ4n) is 3.73. The number of aryl methyl sites for hydroxylation is 1. The van der Waals surface area contributed by atoms with E-state index < -0.39 is 0 Å². The van der Waals surface area contributed by atoms with Gasteiger partial charge in [0.1, 0.15) is 17.3 Å². The van der Waals surface area contributed by atoms with Crippen molar-refractivity contribution in [2.45, 2.75) is 58.7 Å². The van der Waals surface area contributed by atoms with Crippen LogP contribution in [-0.2, 0) is 13.6 Å². The third kappa shape index (κ3) is 6.17. The number of aromatic nitrogens is 2. The zero-order valence-electron chi connectivity index (χ0n) is 19.5. The molecule has 0 aliphatic rings. The SMILES string of the molecule is CCCC[C@@H](O)CN(Cc1c(-c2ccccc2)nn(C)c1Oc1ccc(F)cc1)C(C)C. The highest BCUT2D eigenvalue weighted by Gasteiger charge is 2.24. The summed E-state index contributed by atoms with van der Waals surface area (Å²) in [5, 5.41) is 15.3. The van der Waals surface area contributed by atoms with E-state index in [-0.39, 0.29) is 18.0 Å². The molecule has 0 spiro atoms. The van der Waals surface area contributed by atoms with Crippen LogP contribution in [0.2, 0.25) is 0 Å². The summed E-state index contributed by atoms with van der Waals surface area (Å²) in [6.45, 7) is 7.55. The molecular formula is C26H34FN3O2. The molecule has 1 heterocycles. The Morgan fingerprint density at radius 2 is 1.78 bits per heavy atom. The van der Waals surface area contributed by atoms with Gasteiger partial charge in [-0.3, -0.25) is 4.90 Å². The number of hydrogen-bond acceptors (Lipinski definition) is 4. The third-order valence-corrected chi connectivity index (χ3v) is 5.59. The van der Waals surface area contributed by atoms with E-state index in [2.05, 4.69) is 25.7 Å². The standard InChI is InChI=1S/C26H34FN3O2/c1-5-6-12-22(31)17-30(19(2)3)18-24-25(20-10-8-7-9-11-20)28-29(4)26(24)32-23-15-13-21(27)14-16-23/h7-11,13-16,19,22,31H,5-6,12,17-18H2,1-4H3/t22-/m1/s1. The normalized spacial score (nSPS) is 12.5. The number of benzene rings is 2. The second-order valence-corrected chi connectivity index (χ2v) is 8.50. The average Bonchev–Trinajstić information content (AvgIpc) is 3.09. The predicted octanol–water partition coefficient (Wildman–Crippen LogP) is 5.78. The lowest BCUT2D eigenvalue weighted by Gasteiger charge is -2.29. The fraction of sp³-hybridized carbons (Fsp3) is 0.423. The van der Waals surface area contributed by atoms with Crippen LogP contribution in [0.15, 0.2) is 54.6 Å². The number of aliphatic hydroxyl groups is 1. The number of nitrogens with zero attached hydrogens (tertiary/aromatic N) is 3. The van der Waals surface area contributed by atoms with E-state index >= 15 is 0 Å². The van der Waals surface area contributed by atoms with Crippen molar-refractivity contribution in [2.75, 3.05) is 6.54 Å². The largest absolute Gasteiger partial charge is 0.439 e. The molecule has 3 rings (SSSR count). The van der Waals surface area contributed by atoms with E-state index in [1.54, 1.807) is 16.8 Å². The summed E-state index contributed by atoms with van der Waals surface area (Å²) >= 11 is 0. The Morgan fingerprint density at radius 3 is 2.41 bits per heavy atom. The molecule has 3 aromatic rings. The van der Waals surface area contributed by atoms with Gasteiger partial charge in [0.2, 0.25) is 5.88 Å². The zero-order valence-corrected chi connectivity index (χ0v) is 19.5. The Bertz CT molecular complexity index is 971. The van der Waals surface area contributed by atoms with E-state index in [9.17, 15) is 9.50 Å². The molecule has 0 radical (unpaired) electrons. The molecular weight excluding hydrogens is 405 g/mol. The molecule has 1 N–H and O–H groups in total. The minimum absolute atomic E-state index is 0.230. The van der Waals surface area contributed by atoms with Crippen molar-refractivity contribution in [2.24, 2.45) is 7.05 Å². The average molecular weight is 440 g/mol. The summed E-state index contributed by atoms with van der Waals surface area (Å²) in [4.78, 5) is 2.25. The fourth-order valence-corrected chi connectivity index (χ4v) is 3.73. The maximum atomic E-state index is 13.4. The van der Waals surface area contributed by atoms with Gasteiger partial charge in [-0.25, -0.2) is 9.07 Å². The lowest BCUT2D eigenvalue weighted by atomic mass is 10.1. The van der Waals surface area contributed by atoms with Crippen molar-refractivity contribution >= 4 is 0 Å². The Labute approximate surface area is 190 Å². The molecule has 2 aromatic carbocycles. The van der Waals surface area contributed by atoms with Crippen LogP contribution in [0.25, 0.3) is 11.3 Å². The summed E-state index contributed by atoms with van der Waals surface area (Å²) in [5.41, 5.74) is 2.79. The first kappa shape index (κ1) is 24.0. The van der Waals surface area contributed by atoms with Crippen LogP contribution in [-0.4, -0.2) is 38.5 Å². The van der Waals surface area contributed by atoms with E-state index in [0.29, 0.717) is 24.7 Å². The predicted molar refractivity (Wildman–Crippen MR) is 126 cm³/mol. The van der Waals surface area contributed by atoms with Crippen LogP contribution in [0.5, 0.6) is 11.6 Å². The van der Waals surface area contributed by atoms with E-state index in [4.69, 9.17) is 9.84 Å². The molecule has 5 nitrogen and oxygen atoms in total. The molecule has 6 heteroatoms. The van der Waals surface area contributed by atoms with E-state index in [1.807, 2.05) is 37.4 Å². The Kier molecular flexibility index (Phi) is 8.42. The topological polar surface area (TPSA) is 50.5 Å². The number of ether oxygens (including phenoxy) is 1. The second-order valence-electron chi connectivity index (χ2n) is 8.50. The molecule has 0 aliphatic carbocycles. The molecule has 1 aromatic heterocycles.